The summed E-state index contributed by atoms with van der Waals surface area (Å²) in [7, 11) is 3.72. The number of aromatic nitrogens is 5. The fourth-order valence-electron chi connectivity index (χ4n) is 5.54. The summed E-state index contributed by atoms with van der Waals surface area (Å²) in [6.07, 6.45) is 14.2. The van der Waals surface area contributed by atoms with Crippen molar-refractivity contribution in [1.82, 2.24) is 24.4 Å². The summed E-state index contributed by atoms with van der Waals surface area (Å²) >= 11 is 0. The second kappa shape index (κ2) is 7.71. The van der Waals surface area contributed by atoms with Crippen molar-refractivity contribution >= 4 is 11.3 Å². The monoisotopic (exact) mass is 439 g/mol. The first-order chi connectivity index (χ1) is 16.1. The highest BCUT2D eigenvalue weighted by Crippen LogP contribution is 2.40. The van der Waals surface area contributed by atoms with Crippen LogP contribution in [0, 0.1) is 11.3 Å². The highest BCUT2D eigenvalue weighted by Gasteiger charge is 2.41. The number of ether oxygens (including phenoxy) is 1. The van der Waals surface area contributed by atoms with Crippen LogP contribution in [0.4, 0.5) is 5.82 Å². The zero-order valence-corrected chi connectivity index (χ0v) is 18.7. The van der Waals surface area contributed by atoms with E-state index < -0.39 is 0 Å². The molecule has 0 spiro atoms. The average Bonchev–Trinajstić information content (AvgIpc) is 3.53. The average molecular weight is 440 g/mol. The topological polar surface area (TPSA) is 84.3 Å². The van der Waals surface area contributed by atoms with Crippen LogP contribution in [0.25, 0.3) is 27.8 Å². The smallest absolute Gasteiger partial charge is 0.129 e. The zero-order valence-electron chi connectivity index (χ0n) is 18.7. The zero-order chi connectivity index (χ0) is 22.5. The van der Waals surface area contributed by atoms with Gasteiger partial charge in [-0.25, -0.2) is 9.50 Å². The van der Waals surface area contributed by atoms with Crippen molar-refractivity contribution < 1.29 is 4.74 Å². The largest absolute Gasteiger partial charge is 0.381 e. The van der Waals surface area contributed by atoms with Crippen molar-refractivity contribution in [3.05, 3.63) is 54.7 Å². The number of anilines is 1. The minimum Gasteiger partial charge on any atom is -0.381 e. The van der Waals surface area contributed by atoms with Gasteiger partial charge in [-0.15, -0.1) is 0 Å². The lowest BCUT2D eigenvalue weighted by Crippen LogP contribution is -2.45. The van der Waals surface area contributed by atoms with Crippen LogP contribution < -0.4 is 4.90 Å². The van der Waals surface area contributed by atoms with Gasteiger partial charge in [0.1, 0.15) is 11.9 Å². The van der Waals surface area contributed by atoms with E-state index in [-0.39, 0.29) is 0 Å². The third-order valence-corrected chi connectivity index (χ3v) is 7.12. The molecule has 2 fully saturated rings. The number of nitrogens with zero attached hydrogens (tertiary/aromatic N) is 7. The van der Waals surface area contributed by atoms with Crippen molar-refractivity contribution in [3.63, 3.8) is 0 Å². The molecule has 6 rings (SSSR count). The second-order valence-corrected chi connectivity index (χ2v) is 9.03. The van der Waals surface area contributed by atoms with E-state index in [0.29, 0.717) is 23.8 Å². The third-order valence-electron chi connectivity index (χ3n) is 7.12. The van der Waals surface area contributed by atoms with E-state index in [1.165, 1.54) is 12.8 Å². The fourth-order valence-corrected chi connectivity index (χ4v) is 5.54. The van der Waals surface area contributed by atoms with Gasteiger partial charge in [0.05, 0.1) is 29.6 Å². The number of rotatable bonds is 4. The normalized spacial score (nSPS) is 22.1. The lowest BCUT2D eigenvalue weighted by Gasteiger charge is -2.39. The molecule has 4 aromatic rings. The van der Waals surface area contributed by atoms with Crippen LogP contribution in [0.1, 0.15) is 31.2 Å². The predicted octanol–water partition coefficient (Wildman–Crippen LogP) is 3.81. The first-order valence-corrected chi connectivity index (χ1v) is 11.3. The summed E-state index contributed by atoms with van der Waals surface area (Å²) in [6, 6.07) is 9.59. The Bertz CT molecular complexity index is 1350. The quantitative estimate of drug-likeness (QED) is 0.481. The van der Waals surface area contributed by atoms with Crippen LogP contribution in [0.2, 0.25) is 0 Å². The molecule has 8 heteroatoms. The molecule has 33 heavy (non-hydrogen) atoms. The maximum atomic E-state index is 9.66. The Kier molecular flexibility index (Phi) is 4.66. The summed E-state index contributed by atoms with van der Waals surface area (Å²) in [4.78, 5) is 7.37. The van der Waals surface area contributed by atoms with Gasteiger partial charge >= 0.3 is 0 Å². The summed E-state index contributed by atoms with van der Waals surface area (Å²) in [5.41, 5.74) is 5.22. The number of hydrogen-bond acceptors (Lipinski definition) is 6. The van der Waals surface area contributed by atoms with Crippen LogP contribution in [-0.2, 0) is 11.8 Å². The fraction of sp³-hybridized carbons (Fsp3) is 0.360. The highest BCUT2D eigenvalue weighted by atomic mass is 16.5. The molecule has 0 saturated carbocycles. The molecule has 0 radical (unpaired) electrons. The third kappa shape index (κ3) is 3.28. The molecule has 6 heterocycles. The minimum atomic E-state index is 0.354. The van der Waals surface area contributed by atoms with Gasteiger partial charge < -0.3 is 9.64 Å². The van der Waals surface area contributed by atoms with Crippen LogP contribution in [0.3, 0.4) is 0 Å². The highest BCUT2D eigenvalue weighted by molar-refractivity contribution is 5.87. The number of hydrogen-bond donors (Lipinski definition) is 0. The van der Waals surface area contributed by atoms with Gasteiger partial charge in [-0.3, -0.25) is 4.68 Å². The van der Waals surface area contributed by atoms with Gasteiger partial charge in [-0.1, -0.05) is 0 Å². The van der Waals surface area contributed by atoms with Gasteiger partial charge in [-0.05, 0) is 43.9 Å². The maximum Gasteiger partial charge on any atom is 0.129 e. The number of piperidine rings is 1. The van der Waals surface area contributed by atoms with Crippen LogP contribution >= 0.6 is 0 Å². The van der Waals surface area contributed by atoms with Crippen molar-refractivity contribution in [3.8, 4) is 28.3 Å². The van der Waals surface area contributed by atoms with Gasteiger partial charge in [-0.2, -0.15) is 15.5 Å². The van der Waals surface area contributed by atoms with E-state index in [9.17, 15) is 5.26 Å². The molecule has 2 saturated heterocycles. The molecule has 2 bridgehead atoms. The Morgan fingerprint density at radius 3 is 2.45 bits per heavy atom. The summed E-state index contributed by atoms with van der Waals surface area (Å²) in [5, 5.41) is 18.4. The van der Waals surface area contributed by atoms with E-state index in [2.05, 4.69) is 39.4 Å². The standard InChI is InChI=1S/C25H25N7O/c1-30-14-19(13-28-30)17-7-23(25-18(10-26)12-29-31(25)15-17)16-3-6-24(27-11-16)32-20-4-5-21(32)9-22(8-20)33-2/h3,6-7,11-15,20-22H,4-5,8-9H2,1-2H3/t20-,21?,22?/m0/s1. The summed E-state index contributed by atoms with van der Waals surface area (Å²) in [6.45, 7) is 0. The molecular weight excluding hydrogens is 414 g/mol. The number of fused-ring (bicyclic) bond motifs is 3. The SMILES string of the molecule is COC1CC2CC[C@@H](C1)N2c1ccc(-c2cc(-c3cnn(C)c3)cn3ncc(C#N)c23)cn1. The van der Waals surface area contributed by atoms with Crippen LogP contribution in [-0.4, -0.2) is 49.7 Å². The van der Waals surface area contributed by atoms with Crippen molar-refractivity contribution in [2.24, 2.45) is 7.05 Å². The lowest BCUT2D eigenvalue weighted by atomic mass is 9.99. The molecule has 2 aliphatic rings. The lowest BCUT2D eigenvalue weighted by molar-refractivity contribution is 0.0682. The van der Waals surface area contributed by atoms with E-state index >= 15 is 0 Å². The van der Waals surface area contributed by atoms with E-state index in [4.69, 9.17) is 9.72 Å². The number of nitriles is 1. The molecular formula is C25H25N7O. The summed E-state index contributed by atoms with van der Waals surface area (Å²) < 4.78 is 9.21. The number of methoxy groups -OCH3 is 1. The molecule has 0 N–H and O–H groups in total. The number of aryl methyl sites for hydroxylation is 1. The molecule has 0 amide bonds. The van der Waals surface area contributed by atoms with Gasteiger partial charge in [0.2, 0.25) is 0 Å². The Balaban J connectivity index is 1.41. The molecule has 0 aromatic carbocycles. The van der Waals surface area contributed by atoms with Crippen LogP contribution in [0.15, 0.2) is 49.2 Å². The Hall–Kier alpha value is -3.70. The van der Waals surface area contributed by atoms with Crippen molar-refractivity contribution in [2.75, 3.05) is 12.0 Å². The van der Waals surface area contributed by atoms with E-state index in [0.717, 1.165) is 46.4 Å². The molecule has 2 unspecified atom stereocenters. The number of pyridine rings is 2. The Labute approximate surface area is 192 Å². The molecule has 0 aliphatic carbocycles. The first-order valence-electron chi connectivity index (χ1n) is 11.3. The second-order valence-electron chi connectivity index (χ2n) is 9.03. The minimum absolute atomic E-state index is 0.354. The maximum absolute atomic E-state index is 9.66. The predicted molar refractivity (Wildman–Crippen MR) is 125 cm³/mol. The van der Waals surface area contributed by atoms with E-state index in [1.807, 2.05) is 38.9 Å². The van der Waals surface area contributed by atoms with Gasteiger partial charge in [0, 0.05) is 67.1 Å². The van der Waals surface area contributed by atoms with Gasteiger partial charge in [0.25, 0.3) is 0 Å². The van der Waals surface area contributed by atoms with E-state index in [1.54, 1.807) is 15.4 Å². The van der Waals surface area contributed by atoms with Crippen molar-refractivity contribution in [2.45, 2.75) is 43.9 Å². The van der Waals surface area contributed by atoms with Crippen LogP contribution in [0.5, 0.6) is 0 Å². The van der Waals surface area contributed by atoms with Crippen molar-refractivity contribution in [1.29, 1.82) is 5.26 Å². The molecule has 2 aliphatic heterocycles. The first kappa shape index (κ1) is 19.9. The molecule has 166 valence electrons. The Morgan fingerprint density at radius 2 is 1.82 bits per heavy atom. The van der Waals surface area contributed by atoms with Gasteiger partial charge in [0.15, 0.2) is 0 Å². The molecule has 4 aromatic heterocycles. The summed E-state index contributed by atoms with van der Waals surface area (Å²) in [5.74, 6) is 1.02. The molecule has 8 nitrogen and oxygen atoms in total. The Morgan fingerprint density at radius 1 is 1.00 bits per heavy atom. The molecule has 3 atom stereocenters.